The zero-order valence-electron chi connectivity index (χ0n) is 10.7. The molecule has 0 bridgehead atoms. The molecule has 0 amide bonds. The van der Waals surface area contributed by atoms with E-state index < -0.39 is 0 Å². The van der Waals surface area contributed by atoms with Crippen molar-refractivity contribution in [2.45, 2.75) is 11.1 Å². The van der Waals surface area contributed by atoms with Crippen molar-refractivity contribution < 1.29 is 0 Å². The van der Waals surface area contributed by atoms with Gasteiger partial charge in [0.05, 0.1) is 28.4 Å². The van der Waals surface area contributed by atoms with Crippen molar-refractivity contribution in [3.05, 3.63) is 65.5 Å². The van der Waals surface area contributed by atoms with Crippen LogP contribution in [-0.4, -0.2) is 9.55 Å². The highest BCUT2D eigenvalue weighted by Gasteiger charge is 2.27. The van der Waals surface area contributed by atoms with Crippen LogP contribution in [0.15, 0.2) is 48.5 Å². The highest BCUT2D eigenvalue weighted by atomic mass is 32.2. The molecule has 0 saturated heterocycles. The average molecular weight is 277 g/mol. The summed E-state index contributed by atoms with van der Waals surface area (Å²) >= 11 is 1.86. The van der Waals surface area contributed by atoms with Gasteiger partial charge in [-0.15, -0.1) is 11.8 Å². The van der Waals surface area contributed by atoms with Gasteiger partial charge in [-0.3, -0.25) is 0 Å². The standard InChI is InChI=1S/C16H11N3S/c17-9-11-4-3-5-12(8-11)16-19-14-7-2-1-6-13(14)18-15(19)10-20-16/h1-8,16H,10H2/t16-/m1/s1. The van der Waals surface area contributed by atoms with Gasteiger partial charge in [-0.1, -0.05) is 24.3 Å². The van der Waals surface area contributed by atoms with E-state index in [-0.39, 0.29) is 5.37 Å². The van der Waals surface area contributed by atoms with E-state index in [1.54, 1.807) is 0 Å². The Hall–Kier alpha value is -2.25. The van der Waals surface area contributed by atoms with Gasteiger partial charge in [0.2, 0.25) is 0 Å². The summed E-state index contributed by atoms with van der Waals surface area (Å²) in [5, 5.41) is 9.27. The van der Waals surface area contributed by atoms with E-state index in [1.807, 2.05) is 48.2 Å². The van der Waals surface area contributed by atoms with Crippen molar-refractivity contribution in [1.29, 1.82) is 5.26 Å². The third-order valence-corrected chi connectivity index (χ3v) is 4.80. The fourth-order valence-electron chi connectivity index (χ4n) is 2.69. The summed E-state index contributed by atoms with van der Waals surface area (Å²) in [6.45, 7) is 0. The van der Waals surface area contributed by atoms with E-state index in [2.05, 4.69) is 27.8 Å². The van der Waals surface area contributed by atoms with Gasteiger partial charge in [0.1, 0.15) is 11.2 Å². The highest BCUT2D eigenvalue weighted by Crippen LogP contribution is 2.42. The van der Waals surface area contributed by atoms with E-state index in [9.17, 15) is 0 Å². The Kier molecular flexibility index (Phi) is 2.54. The maximum atomic E-state index is 9.06. The van der Waals surface area contributed by atoms with E-state index in [1.165, 1.54) is 5.52 Å². The van der Waals surface area contributed by atoms with Gasteiger partial charge < -0.3 is 4.57 Å². The van der Waals surface area contributed by atoms with Gasteiger partial charge in [-0.25, -0.2) is 4.98 Å². The molecular weight excluding hydrogens is 266 g/mol. The number of nitrogens with zero attached hydrogens (tertiary/aromatic N) is 3. The number of imidazole rings is 1. The molecule has 0 spiro atoms. The van der Waals surface area contributed by atoms with Crippen LogP contribution < -0.4 is 0 Å². The number of hydrogen-bond donors (Lipinski definition) is 0. The summed E-state index contributed by atoms with van der Waals surface area (Å²) in [5.41, 5.74) is 4.08. The minimum Gasteiger partial charge on any atom is -0.310 e. The van der Waals surface area contributed by atoms with Crippen molar-refractivity contribution in [3.63, 3.8) is 0 Å². The molecule has 2 heterocycles. The second-order valence-corrected chi connectivity index (χ2v) is 5.86. The smallest absolute Gasteiger partial charge is 0.121 e. The maximum absolute atomic E-state index is 9.06. The molecule has 0 N–H and O–H groups in total. The number of hydrogen-bond acceptors (Lipinski definition) is 3. The van der Waals surface area contributed by atoms with Crippen molar-refractivity contribution in [2.75, 3.05) is 0 Å². The van der Waals surface area contributed by atoms with Crippen LogP contribution in [0.2, 0.25) is 0 Å². The first kappa shape index (κ1) is 11.6. The lowest BCUT2D eigenvalue weighted by molar-refractivity contribution is 0.794. The summed E-state index contributed by atoms with van der Waals surface area (Å²) in [6, 6.07) is 18.3. The number of para-hydroxylation sites is 2. The molecule has 4 rings (SSSR count). The number of aromatic nitrogens is 2. The van der Waals surface area contributed by atoms with Crippen molar-refractivity contribution in [3.8, 4) is 6.07 Å². The maximum Gasteiger partial charge on any atom is 0.121 e. The van der Waals surface area contributed by atoms with Crippen LogP contribution in [0, 0.1) is 11.3 Å². The Balaban J connectivity index is 1.89. The molecule has 96 valence electrons. The van der Waals surface area contributed by atoms with Crippen LogP contribution >= 0.6 is 11.8 Å². The summed E-state index contributed by atoms with van der Waals surface area (Å²) in [7, 11) is 0. The third kappa shape index (κ3) is 1.64. The van der Waals surface area contributed by atoms with Gasteiger partial charge in [0.15, 0.2) is 0 Å². The molecule has 2 aromatic carbocycles. The van der Waals surface area contributed by atoms with Crippen LogP contribution in [-0.2, 0) is 5.75 Å². The Bertz CT molecular complexity index is 844. The number of fused-ring (bicyclic) bond motifs is 3. The zero-order chi connectivity index (χ0) is 13.5. The second-order valence-electron chi connectivity index (χ2n) is 4.79. The summed E-state index contributed by atoms with van der Waals surface area (Å²) in [4.78, 5) is 4.69. The molecule has 0 radical (unpaired) electrons. The molecule has 3 nitrogen and oxygen atoms in total. The van der Waals surface area contributed by atoms with E-state index in [4.69, 9.17) is 5.26 Å². The predicted molar refractivity (Wildman–Crippen MR) is 80.3 cm³/mol. The van der Waals surface area contributed by atoms with Gasteiger partial charge in [0.25, 0.3) is 0 Å². The molecule has 0 fully saturated rings. The Morgan fingerprint density at radius 2 is 2.10 bits per heavy atom. The first-order valence-electron chi connectivity index (χ1n) is 6.44. The normalized spacial score (nSPS) is 17.1. The van der Waals surface area contributed by atoms with Crippen molar-refractivity contribution in [1.82, 2.24) is 9.55 Å². The quantitative estimate of drug-likeness (QED) is 0.681. The van der Waals surface area contributed by atoms with Gasteiger partial charge >= 0.3 is 0 Å². The Morgan fingerprint density at radius 3 is 3.00 bits per heavy atom. The number of benzene rings is 2. The lowest BCUT2D eigenvalue weighted by Gasteiger charge is -2.14. The third-order valence-electron chi connectivity index (χ3n) is 3.57. The zero-order valence-corrected chi connectivity index (χ0v) is 11.5. The summed E-state index contributed by atoms with van der Waals surface area (Å²) in [6.07, 6.45) is 0. The lowest BCUT2D eigenvalue weighted by atomic mass is 10.1. The molecule has 0 saturated carbocycles. The van der Waals surface area contributed by atoms with Crippen LogP contribution in [0.25, 0.3) is 11.0 Å². The molecule has 1 aromatic heterocycles. The van der Waals surface area contributed by atoms with Crippen LogP contribution in [0.5, 0.6) is 0 Å². The topological polar surface area (TPSA) is 41.6 Å². The second kappa shape index (κ2) is 4.39. The first-order valence-corrected chi connectivity index (χ1v) is 7.49. The largest absolute Gasteiger partial charge is 0.310 e. The average Bonchev–Trinajstić information content (AvgIpc) is 3.06. The minimum absolute atomic E-state index is 0.214. The van der Waals surface area contributed by atoms with Gasteiger partial charge in [0, 0.05) is 0 Å². The molecule has 0 unspecified atom stereocenters. The molecule has 4 heteroatoms. The molecule has 3 aromatic rings. The number of rotatable bonds is 1. The SMILES string of the molecule is N#Cc1cccc([C@H]2SCc3nc4ccccc4n32)c1. The monoisotopic (exact) mass is 277 g/mol. The van der Waals surface area contributed by atoms with E-state index in [0.29, 0.717) is 5.56 Å². The molecule has 20 heavy (non-hydrogen) atoms. The van der Waals surface area contributed by atoms with Crippen molar-refractivity contribution in [2.24, 2.45) is 0 Å². The fraction of sp³-hybridized carbons (Fsp3) is 0.125. The van der Waals surface area contributed by atoms with Gasteiger partial charge in [-0.2, -0.15) is 5.26 Å². The van der Waals surface area contributed by atoms with Crippen LogP contribution in [0.3, 0.4) is 0 Å². The van der Waals surface area contributed by atoms with E-state index >= 15 is 0 Å². The minimum atomic E-state index is 0.214. The molecule has 1 atom stereocenters. The van der Waals surface area contributed by atoms with E-state index in [0.717, 1.165) is 22.7 Å². The fourth-order valence-corrected chi connectivity index (χ4v) is 3.93. The number of nitriles is 1. The lowest BCUT2D eigenvalue weighted by Crippen LogP contribution is -2.03. The Morgan fingerprint density at radius 1 is 1.20 bits per heavy atom. The molecule has 1 aliphatic rings. The van der Waals surface area contributed by atoms with Crippen LogP contribution in [0.4, 0.5) is 0 Å². The first-order chi connectivity index (χ1) is 9.86. The molecule has 0 aliphatic carbocycles. The number of thioether (sulfide) groups is 1. The van der Waals surface area contributed by atoms with Crippen molar-refractivity contribution >= 4 is 22.8 Å². The Labute approximate surface area is 120 Å². The summed E-state index contributed by atoms with van der Waals surface area (Å²) < 4.78 is 2.29. The predicted octanol–water partition coefficient (Wildman–Crippen LogP) is 3.70. The molecular formula is C16H11N3S. The van der Waals surface area contributed by atoms with Gasteiger partial charge in [-0.05, 0) is 29.8 Å². The van der Waals surface area contributed by atoms with Crippen LogP contribution in [0.1, 0.15) is 22.3 Å². The highest BCUT2D eigenvalue weighted by molar-refractivity contribution is 7.99. The molecule has 1 aliphatic heterocycles. The summed E-state index contributed by atoms with van der Waals surface area (Å²) in [5.74, 6) is 2.03.